The van der Waals surface area contributed by atoms with Gasteiger partial charge in [0.05, 0.1) is 40.4 Å². The van der Waals surface area contributed by atoms with Crippen molar-refractivity contribution in [3.8, 4) is 5.75 Å². The van der Waals surface area contributed by atoms with E-state index < -0.39 is 15.1 Å². The molecule has 0 amide bonds. The molecule has 37 heavy (non-hydrogen) atoms. The predicted molar refractivity (Wildman–Crippen MR) is 146 cm³/mol. The van der Waals surface area contributed by atoms with Crippen LogP contribution in [0.2, 0.25) is 5.02 Å². The molecule has 0 saturated heterocycles. The van der Waals surface area contributed by atoms with E-state index in [1.165, 1.54) is 6.20 Å². The van der Waals surface area contributed by atoms with Gasteiger partial charge in [-0.05, 0) is 52.0 Å². The number of para-hydroxylation sites is 1. The van der Waals surface area contributed by atoms with Gasteiger partial charge in [0.2, 0.25) is 5.95 Å². The molecule has 0 fully saturated rings. The van der Waals surface area contributed by atoms with Crippen molar-refractivity contribution in [3.05, 3.63) is 53.7 Å². The Hall–Kier alpha value is -3.57. The Bertz CT molecular complexity index is 1400. The first-order valence-corrected chi connectivity index (χ1v) is 13.7. The Morgan fingerprint density at radius 1 is 1.08 bits per heavy atom. The van der Waals surface area contributed by atoms with Crippen LogP contribution in [0, 0.1) is 0 Å². The van der Waals surface area contributed by atoms with Crippen LogP contribution in [-0.2, 0) is 14.7 Å². The van der Waals surface area contributed by atoms with E-state index in [9.17, 15) is 8.42 Å². The summed E-state index contributed by atoms with van der Waals surface area (Å²) < 4.78 is 31.8. The summed E-state index contributed by atoms with van der Waals surface area (Å²) >= 11 is 6.37. The number of oxime groups is 1. The lowest BCUT2D eigenvalue weighted by Gasteiger charge is -2.24. The average Bonchev–Trinajstić information content (AvgIpc) is 2.87. The molecule has 1 aromatic heterocycles. The van der Waals surface area contributed by atoms with Gasteiger partial charge in [-0.25, -0.2) is 13.4 Å². The molecular formula is C25H29ClN6O4S. The molecule has 0 unspecified atom stereocenters. The molecule has 2 N–H and O–H groups in total. The van der Waals surface area contributed by atoms with Crippen molar-refractivity contribution in [1.82, 2.24) is 9.97 Å². The minimum atomic E-state index is -3.53. The average molecular weight is 545 g/mol. The van der Waals surface area contributed by atoms with Crippen LogP contribution in [0.25, 0.3) is 0 Å². The molecule has 0 bridgehead atoms. The van der Waals surface area contributed by atoms with Crippen molar-refractivity contribution in [3.63, 3.8) is 0 Å². The Morgan fingerprint density at radius 3 is 2.57 bits per heavy atom. The fourth-order valence-electron chi connectivity index (χ4n) is 3.51. The quantitative estimate of drug-likeness (QED) is 0.366. The van der Waals surface area contributed by atoms with Gasteiger partial charge in [-0.1, -0.05) is 28.9 Å². The third-order valence-corrected chi connectivity index (χ3v) is 7.89. The second-order valence-electron chi connectivity index (χ2n) is 8.82. The fourth-order valence-corrected chi connectivity index (χ4v) is 4.85. The van der Waals surface area contributed by atoms with E-state index in [4.69, 9.17) is 21.2 Å². The van der Waals surface area contributed by atoms with E-state index in [0.717, 1.165) is 5.69 Å². The molecule has 1 aliphatic rings. The second-order valence-corrected chi connectivity index (χ2v) is 11.7. The zero-order valence-electron chi connectivity index (χ0n) is 21.0. The highest BCUT2D eigenvalue weighted by atomic mass is 35.5. The Morgan fingerprint density at radius 2 is 1.86 bits per heavy atom. The van der Waals surface area contributed by atoms with Crippen LogP contribution in [0.3, 0.4) is 0 Å². The third-order valence-electron chi connectivity index (χ3n) is 5.40. The summed E-state index contributed by atoms with van der Waals surface area (Å²) in [6, 6.07) is 12.3. The Labute approximate surface area is 221 Å². The van der Waals surface area contributed by atoms with Crippen LogP contribution in [0.15, 0.2) is 58.7 Å². The van der Waals surface area contributed by atoms with E-state index in [0.29, 0.717) is 30.3 Å². The topological polar surface area (TPSA) is 118 Å². The largest absolute Gasteiger partial charge is 0.489 e. The molecular weight excluding hydrogens is 516 g/mol. The fraction of sp³-hybridized carbons (Fsp3) is 0.320. The zero-order chi connectivity index (χ0) is 26.6. The van der Waals surface area contributed by atoms with Gasteiger partial charge in [0.1, 0.15) is 23.7 Å². The molecule has 2 heterocycles. The molecule has 4 rings (SSSR count). The maximum absolute atomic E-state index is 12.9. The molecule has 0 radical (unpaired) electrons. The highest BCUT2D eigenvalue weighted by molar-refractivity contribution is 7.92. The number of benzene rings is 2. The summed E-state index contributed by atoms with van der Waals surface area (Å²) in [5.41, 5.74) is 1.93. The molecule has 10 nitrogen and oxygen atoms in total. The van der Waals surface area contributed by atoms with Crippen molar-refractivity contribution >= 4 is 56.6 Å². The molecule has 0 saturated carbocycles. The van der Waals surface area contributed by atoms with Crippen LogP contribution in [-0.4, -0.2) is 49.2 Å². The van der Waals surface area contributed by atoms with Gasteiger partial charge in [-0.3, -0.25) is 0 Å². The van der Waals surface area contributed by atoms with Gasteiger partial charge in [-0.2, -0.15) is 4.98 Å². The summed E-state index contributed by atoms with van der Waals surface area (Å²) in [5.74, 6) is 1.12. The standard InChI is InChI=1S/C25H29ClN6O4S/c1-16(2)36-22-13-18(32-11-12-35-28-15-32)9-10-20(22)30-25-27-14-19(26)24(31-25)29-21-7-5-6-8-23(21)37(33,34)17(3)4/h5-10,13-17H,11-12H2,1-4H3,(H2,27,29,30,31). The number of aromatic nitrogens is 2. The number of ether oxygens (including phenoxy) is 1. The Balaban J connectivity index is 1.64. The van der Waals surface area contributed by atoms with E-state index in [-0.39, 0.29) is 27.8 Å². The monoisotopic (exact) mass is 544 g/mol. The van der Waals surface area contributed by atoms with Gasteiger partial charge in [-0.15, -0.1) is 0 Å². The summed E-state index contributed by atoms with van der Waals surface area (Å²) in [6.07, 6.45) is 3.00. The van der Waals surface area contributed by atoms with E-state index in [2.05, 4.69) is 25.8 Å². The number of rotatable bonds is 9. The van der Waals surface area contributed by atoms with E-state index in [1.54, 1.807) is 44.5 Å². The maximum atomic E-state index is 12.9. The van der Waals surface area contributed by atoms with Crippen LogP contribution in [0.1, 0.15) is 27.7 Å². The number of halogens is 1. The van der Waals surface area contributed by atoms with Gasteiger partial charge in [0.25, 0.3) is 0 Å². The minimum Gasteiger partial charge on any atom is -0.489 e. The smallest absolute Gasteiger partial charge is 0.229 e. The van der Waals surface area contributed by atoms with Crippen molar-refractivity contribution in [1.29, 1.82) is 0 Å². The van der Waals surface area contributed by atoms with Crippen LogP contribution in [0.4, 0.5) is 28.8 Å². The lowest BCUT2D eigenvalue weighted by atomic mass is 10.2. The number of nitrogens with one attached hydrogen (secondary N) is 2. The van der Waals surface area contributed by atoms with Crippen molar-refractivity contribution in [2.24, 2.45) is 5.16 Å². The molecule has 2 aromatic carbocycles. The third kappa shape index (κ3) is 6.23. The van der Waals surface area contributed by atoms with Crippen LogP contribution < -0.4 is 20.3 Å². The number of hydrogen-bond donors (Lipinski definition) is 2. The number of sulfone groups is 1. The molecule has 0 atom stereocenters. The maximum Gasteiger partial charge on any atom is 0.229 e. The summed E-state index contributed by atoms with van der Waals surface area (Å²) in [7, 11) is -3.53. The summed E-state index contributed by atoms with van der Waals surface area (Å²) in [5, 5.41) is 9.77. The molecule has 0 spiro atoms. The molecule has 3 aromatic rings. The van der Waals surface area contributed by atoms with Gasteiger partial charge >= 0.3 is 0 Å². The summed E-state index contributed by atoms with van der Waals surface area (Å²) in [6.45, 7) is 8.32. The van der Waals surface area contributed by atoms with E-state index >= 15 is 0 Å². The SMILES string of the molecule is CC(C)Oc1cc(N2C=NOCC2)ccc1Nc1ncc(Cl)c(Nc2ccccc2S(=O)(=O)C(C)C)n1. The lowest BCUT2D eigenvalue weighted by molar-refractivity contribution is 0.145. The van der Waals surface area contributed by atoms with Gasteiger partial charge < -0.3 is 25.1 Å². The van der Waals surface area contributed by atoms with Crippen molar-refractivity contribution in [2.75, 3.05) is 28.7 Å². The zero-order valence-corrected chi connectivity index (χ0v) is 22.5. The first kappa shape index (κ1) is 26.5. The van der Waals surface area contributed by atoms with Crippen LogP contribution >= 0.6 is 11.6 Å². The predicted octanol–water partition coefficient (Wildman–Crippen LogP) is 5.37. The lowest BCUT2D eigenvalue weighted by Crippen LogP contribution is -2.29. The molecule has 196 valence electrons. The molecule has 0 aliphatic carbocycles. The van der Waals surface area contributed by atoms with Gasteiger partial charge in [0.15, 0.2) is 15.7 Å². The number of hydrogen-bond acceptors (Lipinski definition) is 10. The number of anilines is 5. The van der Waals surface area contributed by atoms with E-state index in [1.807, 2.05) is 36.9 Å². The highest BCUT2D eigenvalue weighted by Crippen LogP contribution is 2.34. The highest BCUT2D eigenvalue weighted by Gasteiger charge is 2.23. The minimum absolute atomic E-state index is 0.0723. The van der Waals surface area contributed by atoms with Gasteiger partial charge in [0, 0.05) is 11.8 Å². The first-order chi connectivity index (χ1) is 17.6. The molecule has 12 heteroatoms. The van der Waals surface area contributed by atoms with Crippen molar-refractivity contribution in [2.45, 2.75) is 43.9 Å². The summed E-state index contributed by atoms with van der Waals surface area (Å²) in [4.78, 5) is 16.0. The second kappa shape index (κ2) is 11.2. The van der Waals surface area contributed by atoms with Crippen molar-refractivity contribution < 1.29 is 18.0 Å². The normalized spacial score (nSPS) is 13.5. The number of nitrogens with zero attached hydrogens (tertiary/aromatic N) is 4. The molecule has 1 aliphatic heterocycles. The Kier molecular flexibility index (Phi) is 8.03. The van der Waals surface area contributed by atoms with Crippen LogP contribution in [0.5, 0.6) is 5.75 Å². The first-order valence-electron chi connectivity index (χ1n) is 11.8.